The fraction of sp³-hybridized carbons (Fsp3) is 0.417. The second-order valence-corrected chi connectivity index (χ2v) is 8.96. The van der Waals surface area contributed by atoms with Crippen LogP contribution in [0, 0.1) is 0 Å². The second-order valence-electron chi connectivity index (χ2n) is 8.96. The van der Waals surface area contributed by atoms with E-state index >= 15 is 0 Å². The SMILES string of the molecule is CC(O)C(NC(=O)C(CC(=O)O)NC(=O)C(Cc1c[nH]c2ccccc12)NC(=O)C(N)CCC(N)=O)C(=O)O. The molecule has 0 fully saturated rings. The zero-order chi connectivity index (χ0) is 29.3. The van der Waals surface area contributed by atoms with Gasteiger partial charge in [-0.1, -0.05) is 18.2 Å². The van der Waals surface area contributed by atoms with Crippen molar-refractivity contribution in [1.82, 2.24) is 20.9 Å². The molecule has 4 amide bonds. The molecule has 0 bridgehead atoms. The van der Waals surface area contributed by atoms with Gasteiger partial charge in [0.2, 0.25) is 23.6 Å². The number of carboxylic acids is 2. The number of hydrogen-bond acceptors (Lipinski definition) is 8. The molecule has 1 heterocycles. The predicted octanol–water partition coefficient (Wildman–Crippen LogP) is -2.30. The number of nitrogens with one attached hydrogen (secondary N) is 4. The van der Waals surface area contributed by atoms with Gasteiger partial charge in [-0.25, -0.2) is 4.79 Å². The second kappa shape index (κ2) is 13.9. The average Bonchev–Trinajstić information content (AvgIpc) is 3.26. The summed E-state index contributed by atoms with van der Waals surface area (Å²) in [7, 11) is 0. The number of fused-ring (bicyclic) bond motifs is 1. The van der Waals surface area contributed by atoms with Crippen LogP contribution in [0.4, 0.5) is 0 Å². The molecule has 1 aromatic heterocycles. The molecule has 0 aliphatic carbocycles. The van der Waals surface area contributed by atoms with Crippen LogP contribution in [0.15, 0.2) is 30.5 Å². The van der Waals surface area contributed by atoms with E-state index in [1.54, 1.807) is 30.5 Å². The number of hydrogen-bond donors (Lipinski definition) is 9. The highest BCUT2D eigenvalue weighted by atomic mass is 16.4. The summed E-state index contributed by atoms with van der Waals surface area (Å²) in [5, 5.41) is 35.6. The molecule has 0 aliphatic heterocycles. The van der Waals surface area contributed by atoms with Gasteiger partial charge in [0.25, 0.3) is 0 Å². The molecule has 39 heavy (non-hydrogen) atoms. The molecule has 0 saturated carbocycles. The molecule has 212 valence electrons. The lowest BCUT2D eigenvalue weighted by atomic mass is 10.0. The molecule has 2 rings (SSSR count). The first-order valence-electron chi connectivity index (χ1n) is 11.9. The Kier molecular flexibility index (Phi) is 10.9. The van der Waals surface area contributed by atoms with Gasteiger partial charge in [0, 0.05) is 29.9 Å². The third-order valence-corrected chi connectivity index (χ3v) is 5.83. The average molecular weight is 549 g/mol. The van der Waals surface area contributed by atoms with Gasteiger partial charge in [0.1, 0.15) is 12.1 Å². The summed E-state index contributed by atoms with van der Waals surface area (Å²) >= 11 is 0. The Labute approximate surface area is 222 Å². The zero-order valence-electron chi connectivity index (χ0n) is 21.0. The van der Waals surface area contributed by atoms with Crippen LogP contribution in [0.3, 0.4) is 0 Å². The molecular formula is C24H32N6O9. The van der Waals surface area contributed by atoms with E-state index < -0.39 is 72.3 Å². The lowest BCUT2D eigenvalue weighted by molar-refractivity contribution is -0.146. The summed E-state index contributed by atoms with van der Waals surface area (Å²) in [6.45, 7) is 1.11. The van der Waals surface area contributed by atoms with Gasteiger partial charge in [-0.05, 0) is 25.0 Å². The van der Waals surface area contributed by atoms with Crippen LogP contribution in [0.5, 0.6) is 0 Å². The number of carboxylic acid groups (broad SMARTS) is 2. The summed E-state index contributed by atoms with van der Waals surface area (Å²) < 4.78 is 0. The van der Waals surface area contributed by atoms with Crippen LogP contribution in [0.2, 0.25) is 0 Å². The minimum absolute atomic E-state index is 0.0947. The Morgan fingerprint density at radius 2 is 1.56 bits per heavy atom. The monoisotopic (exact) mass is 548 g/mol. The smallest absolute Gasteiger partial charge is 0.328 e. The molecule has 15 nitrogen and oxygen atoms in total. The number of aromatic amines is 1. The number of aliphatic carboxylic acids is 2. The molecule has 0 spiro atoms. The lowest BCUT2D eigenvalue weighted by Gasteiger charge is -2.25. The number of aliphatic hydroxyl groups excluding tert-OH is 1. The summed E-state index contributed by atoms with van der Waals surface area (Å²) in [5.41, 5.74) is 12.3. The molecular weight excluding hydrogens is 516 g/mol. The van der Waals surface area contributed by atoms with E-state index in [1.807, 2.05) is 5.32 Å². The van der Waals surface area contributed by atoms with E-state index in [0.29, 0.717) is 5.56 Å². The highest BCUT2D eigenvalue weighted by molar-refractivity contribution is 5.96. The van der Waals surface area contributed by atoms with Crippen LogP contribution in [-0.4, -0.2) is 86.1 Å². The van der Waals surface area contributed by atoms with Gasteiger partial charge in [-0.3, -0.25) is 24.0 Å². The first kappa shape index (κ1) is 30.7. The van der Waals surface area contributed by atoms with Crippen LogP contribution in [0.1, 0.15) is 31.7 Å². The number of H-pyrrole nitrogens is 1. The van der Waals surface area contributed by atoms with Crippen LogP contribution in [-0.2, 0) is 35.2 Å². The van der Waals surface area contributed by atoms with Crippen molar-refractivity contribution in [2.45, 2.75) is 62.9 Å². The molecule has 0 aliphatic rings. The van der Waals surface area contributed by atoms with Crippen molar-refractivity contribution in [2.75, 3.05) is 0 Å². The van der Waals surface area contributed by atoms with E-state index in [1.165, 1.54) is 0 Å². The lowest BCUT2D eigenvalue weighted by Crippen LogP contribution is -2.59. The highest BCUT2D eigenvalue weighted by Crippen LogP contribution is 2.19. The van der Waals surface area contributed by atoms with Crippen molar-refractivity contribution in [3.63, 3.8) is 0 Å². The third kappa shape index (κ3) is 9.08. The molecule has 11 N–H and O–H groups in total. The van der Waals surface area contributed by atoms with Gasteiger partial charge in [0.05, 0.1) is 18.6 Å². The zero-order valence-corrected chi connectivity index (χ0v) is 21.0. The Morgan fingerprint density at radius 1 is 0.949 bits per heavy atom. The Hall–Kier alpha value is -4.50. The summed E-state index contributed by atoms with van der Waals surface area (Å²) in [4.78, 5) is 75.5. The number of benzene rings is 1. The normalized spacial score (nSPS) is 14.8. The highest BCUT2D eigenvalue weighted by Gasteiger charge is 2.33. The Bertz CT molecular complexity index is 1230. The van der Waals surface area contributed by atoms with Gasteiger partial charge < -0.3 is 47.7 Å². The largest absolute Gasteiger partial charge is 0.481 e. The van der Waals surface area contributed by atoms with E-state index in [2.05, 4.69) is 15.6 Å². The molecule has 15 heteroatoms. The third-order valence-electron chi connectivity index (χ3n) is 5.83. The van der Waals surface area contributed by atoms with Crippen molar-refractivity contribution in [3.05, 3.63) is 36.0 Å². The van der Waals surface area contributed by atoms with Crippen LogP contribution >= 0.6 is 0 Å². The van der Waals surface area contributed by atoms with Gasteiger partial charge in [-0.2, -0.15) is 0 Å². The first-order chi connectivity index (χ1) is 18.3. The standard InChI is InChI=1S/C24H32N6O9/c1-11(31)20(24(38)39)30-23(37)17(9-19(33)34)29-22(36)16(28-21(35)14(25)6-7-18(26)32)8-12-10-27-15-5-3-2-4-13(12)15/h2-5,10-11,14,16-17,20,27,31H,6-9,25H2,1H3,(H2,26,32)(H,28,35)(H,29,36)(H,30,37)(H,33,34)(H,38,39). The van der Waals surface area contributed by atoms with Gasteiger partial charge in [0.15, 0.2) is 6.04 Å². The molecule has 2 aromatic rings. The Morgan fingerprint density at radius 3 is 2.15 bits per heavy atom. The number of carbonyl (C=O) groups is 6. The number of amides is 4. The van der Waals surface area contributed by atoms with Crippen molar-refractivity contribution < 1.29 is 44.1 Å². The number of primary amides is 1. The number of nitrogens with two attached hydrogens (primary N) is 2. The maximum Gasteiger partial charge on any atom is 0.328 e. The van der Waals surface area contributed by atoms with Gasteiger partial charge in [-0.15, -0.1) is 0 Å². The molecule has 5 atom stereocenters. The summed E-state index contributed by atoms with van der Waals surface area (Å²) in [6, 6.07) is 1.06. The summed E-state index contributed by atoms with van der Waals surface area (Å²) in [5.74, 6) is -6.66. The molecule has 5 unspecified atom stereocenters. The minimum atomic E-state index is -1.77. The quantitative estimate of drug-likeness (QED) is 0.115. The number of para-hydroxylation sites is 1. The predicted molar refractivity (Wildman–Crippen MR) is 136 cm³/mol. The fourth-order valence-corrected chi connectivity index (χ4v) is 3.74. The minimum Gasteiger partial charge on any atom is -0.481 e. The molecule has 1 aromatic carbocycles. The number of rotatable bonds is 15. The fourth-order valence-electron chi connectivity index (χ4n) is 3.74. The van der Waals surface area contributed by atoms with E-state index in [0.717, 1.165) is 17.8 Å². The van der Waals surface area contributed by atoms with E-state index in [-0.39, 0.29) is 19.3 Å². The molecule has 0 saturated heterocycles. The number of carbonyl (C=O) groups excluding carboxylic acids is 4. The maximum absolute atomic E-state index is 13.3. The van der Waals surface area contributed by atoms with Gasteiger partial charge >= 0.3 is 11.9 Å². The molecule has 0 radical (unpaired) electrons. The van der Waals surface area contributed by atoms with Crippen molar-refractivity contribution in [1.29, 1.82) is 0 Å². The van der Waals surface area contributed by atoms with E-state index in [9.17, 15) is 44.1 Å². The van der Waals surface area contributed by atoms with Crippen LogP contribution in [0.25, 0.3) is 10.9 Å². The Balaban J connectivity index is 2.31. The van der Waals surface area contributed by atoms with Crippen molar-refractivity contribution >= 4 is 46.5 Å². The van der Waals surface area contributed by atoms with Crippen LogP contribution < -0.4 is 27.4 Å². The van der Waals surface area contributed by atoms with Crippen molar-refractivity contribution in [2.24, 2.45) is 11.5 Å². The first-order valence-corrected chi connectivity index (χ1v) is 11.9. The maximum atomic E-state index is 13.3. The number of aromatic nitrogens is 1. The number of aliphatic hydroxyl groups is 1. The van der Waals surface area contributed by atoms with E-state index in [4.69, 9.17) is 11.5 Å². The summed E-state index contributed by atoms with van der Waals surface area (Å²) in [6.07, 6.45) is -1.20. The van der Waals surface area contributed by atoms with Crippen molar-refractivity contribution in [3.8, 4) is 0 Å². The topological polar surface area (TPSA) is 267 Å².